The summed E-state index contributed by atoms with van der Waals surface area (Å²) in [6.07, 6.45) is 60.0. The summed E-state index contributed by atoms with van der Waals surface area (Å²) in [5, 5.41) is 0. The Morgan fingerprint density at radius 3 is 0.689 bits per heavy atom. The average molecular weight is 631 g/mol. The lowest BCUT2D eigenvalue weighted by Crippen LogP contribution is -1.97. The third-order valence-electron chi connectivity index (χ3n) is 9.60. The van der Waals surface area contributed by atoms with Crippen LogP contribution in [0.2, 0.25) is 0 Å². The fourth-order valence-corrected chi connectivity index (χ4v) is 6.42. The van der Waals surface area contributed by atoms with Gasteiger partial charge in [0.1, 0.15) is 0 Å². The Morgan fingerprint density at radius 1 is 0.244 bits per heavy atom. The Bertz CT molecular complexity index is 501. The van der Waals surface area contributed by atoms with E-state index in [9.17, 15) is 0 Å². The van der Waals surface area contributed by atoms with Crippen molar-refractivity contribution in [3.63, 3.8) is 0 Å². The molecule has 0 radical (unpaired) electrons. The maximum Gasteiger partial charge on any atom is 0.0466 e. The summed E-state index contributed by atoms with van der Waals surface area (Å²) in [4.78, 5) is 0. The molecule has 0 aliphatic carbocycles. The van der Waals surface area contributed by atoms with E-state index < -0.39 is 0 Å². The molecule has 0 aromatic rings. The first-order valence-corrected chi connectivity index (χ1v) is 21.3. The minimum atomic E-state index is 0.988. The largest absolute Gasteiger partial charge is 0.381 e. The second-order valence-corrected chi connectivity index (χ2v) is 14.3. The number of rotatable bonds is 40. The van der Waals surface area contributed by atoms with Gasteiger partial charge in [-0.3, -0.25) is 0 Å². The molecule has 268 valence electrons. The molecule has 0 atom stereocenters. The second kappa shape index (κ2) is 43.4. The molecule has 0 aliphatic heterocycles. The van der Waals surface area contributed by atoms with Crippen LogP contribution in [0.25, 0.3) is 0 Å². The topological polar surface area (TPSA) is 9.23 Å². The maximum atomic E-state index is 5.90. The van der Waals surface area contributed by atoms with Crippen molar-refractivity contribution in [2.75, 3.05) is 13.2 Å². The van der Waals surface area contributed by atoms with Crippen LogP contribution in [0.1, 0.15) is 245 Å². The predicted octanol–water partition coefficient (Wildman–Crippen LogP) is 16.2. The average Bonchev–Trinajstić information content (AvgIpc) is 3.05. The van der Waals surface area contributed by atoms with Crippen LogP contribution in [0.5, 0.6) is 0 Å². The quantitative estimate of drug-likeness (QED) is 0.0483. The van der Waals surface area contributed by atoms with E-state index in [1.807, 2.05) is 0 Å². The lowest BCUT2D eigenvalue weighted by atomic mass is 10.1. The van der Waals surface area contributed by atoms with Crippen molar-refractivity contribution in [3.8, 4) is 0 Å². The summed E-state index contributed by atoms with van der Waals surface area (Å²) in [5.41, 5.74) is 0. The van der Waals surface area contributed by atoms with Crippen molar-refractivity contribution in [3.05, 3.63) is 24.3 Å². The molecular formula is C44H86O. The zero-order valence-corrected chi connectivity index (χ0v) is 31.6. The smallest absolute Gasteiger partial charge is 0.0466 e. The summed E-state index contributed by atoms with van der Waals surface area (Å²) in [5.74, 6) is 0. The van der Waals surface area contributed by atoms with Crippen LogP contribution >= 0.6 is 0 Å². The number of ether oxygens (including phenoxy) is 1. The molecule has 0 aromatic carbocycles. The minimum absolute atomic E-state index is 0.988. The van der Waals surface area contributed by atoms with Gasteiger partial charge in [0.15, 0.2) is 0 Å². The van der Waals surface area contributed by atoms with Crippen LogP contribution < -0.4 is 0 Å². The molecule has 1 heteroatoms. The van der Waals surface area contributed by atoms with Crippen molar-refractivity contribution >= 4 is 0 Å². The van der Waals surface area contributed by atoms with Gasteiger partial charge in [-0.2, -0.15) is 0 Å². The molecular weight excluding hydrogens is 544 g/mol. The van der Waals surface area contributed by atoms with Gasteiger partial charge in [0.25, 0.3) is 0 Å². The van der Waals surface area contributed by atoms with Crippen molar-refractivity contribution < 1.29 is 4.74 Å². The van der Waals surface area contributed by atoms with Crippen molar-refractivity contribution in [1.82, 2.24) is 0 Å². The summed E-state index contributed by atoms with van der Waals surface area (Å²) in [7, 11) is 0. The Hall–Kier alpha value is -0.560. The second-order valence-electron chi connectivity index (χ2n) is 14.3. The van der Waals surface area contributed by atoms with Crippen LogP contribution in [-0.2, 0) is 4.74 Å². The highest BCUT2D eigenvalue weighted by atomic mass is 16.5. The summed E-state index contributed by atoms with van der Waals surface area (Å²) < 4.78 is 5.90. The van der Waals surface area contributed by atoms with Crippen molar-refractivity contribution in [1.29, 1.82) is 0 Å². The zero-order valence-electron chi connectivity index (χ0n) is 31.6. The van der Waals surface area contributed by atoms with Gasteiger partial charge in [-0.25, -0.2) is 0 Å². The molecule has 0 N–H and O–H groups in total. The fraction of sp³-hybridized carbons (Fsp3) is 0.909. The molecule has 0 spiro atoms. The Morgan fingerprint density at radius 2 is 0.444 bits per heavy atom. The van der Waals surface area contributed by atoms with E-state index in [4.69, 9.17) is 4.74 Å². The molecule has 0 rings (SSSR count). The van der Waals surface area contributed by atoms with E-state index in [1.54, 1.807) is 0 Å². The molecule has 0 saturated carbocycles. The predicted molar refractivity (Wildman–Crippen MR) is 207 cm³/mol. The third-order valence-corrected chi connectivity index (χ3v) is 9.60. The zero-order chi connectivity index (χ0) is 32.4. The lowest BCUT2D eigenvalue weighted by Gasteiger charge is -2.05. The first kappa shape index (κ1) is 44.4. The molecule has 1 nitrogen and oxygen atoms in total. The Balaban J connectivity index is 3.09. The van der Waals surface area contributed by atoms with Crippen LogP contribution in [-0.4, -0.2) is 13.2 Å². The summed E-state index contributed by atoms with van der Waals surface area (Å²) in [6.45, 7) is 6.57. The van der Waals surface area contributed by atoms with E-state index in [-0.39, 0.29) is 0 Å². The summed E-state index contributed by atoms with van der Waals surface area (Å²) >= 11 is 0. The standard InChI is InChI=1S/C44H86O/c1-3-5-7-9-11-13-15-17-19-21-23-25-27-29-31-33-35-37-39-41-43-45-44-42-40-38-36-34-32-30-28-26-24-22-20-18-16-14-12-10-8-6-4-2/h17-20H,3-16,21-44H2,1-2H3/b19-17-,20-18-. The number of unbranched alkanes of at least 4 members (excludes halogenated alkanes) is 32. The fourth-order valence-electron chi connectivity index (χ4n) is 6.42. The van der Waals surface area contributed by atoms with Gasteiger partial charge < -0.3 is 4.74 Å². The summed E-state index contributed by atoms with van der Waals surface area (Å²) in [6, 6.07) is 0. The van der Waals surface area contributed by atoms with Gasteiger partial charge in [-0.05, 0) is 64.2 Å². The van der Waals surface area contributed by atoms with E-state index in [0.29, 0.717) is 0 Å². The minimum Gasteiger partial charge on any atom is -0.381 e. The normalized spacial score (nSPS) is 12.0. The highest BCUT2D eigenvalue weighted by molar-refractivity contribution is 4.82. The van der Waals surface area contributed by atoms with Crippen LogP contribution in [0.15, 0.2) is 24.3 Å². The third kappa shape index (κ3) is 43.4. The van der Waals surface area contributed by atoms with Crippen LogP contribution in [0, 0.1) is 0 Å². The van der Waals surface area contributed by atoms with E-state index >= 15 is 0 Å². The van der Waals surface area contributed by atoms with Crippen LogP contribution in [0.4, 0.5) is 0 Å². The van der Waals surface area contributed by atoms with Crippen LogP contribution in [0.3, 0.4) is 0 Å². The molecule has 0 amide bonds. The molecule has 0 heterocycles. The Labute approximate surface area is 286 Å². The molecule has 0 bridgehead atoms. The molecule has 0 saturated heterocycles. The van der Waals surface area contributed by atoms with Gasteiger partial charge in [-0.15, -0.1) is 0 Å². The van der Waals surface area contributed by atoms with Crippen molar-refractivity contribution in [2.24, 2.45) is 0 Å². The van der Waals surface area contributed by atoms with E-state index in [0.717, 1.165) is 13.2 Å². The number of allylic oxidation sites excluding steroid dienone is 4. The highest BCUT2D eigenvalue weighted by Crippen LogP contribution is 2.14. The molecule has 45 heavy (non-hydrogen) atoms. The number of hydrogen-bond donors (Lipinski definition) is 0. The van der Waals surface area contributed by atoms with Gasteiger partial charge in [0.05, 0.1) is 0 Å². The molecule has 0 aromatic heterocycles. The number of hydrogen-bond acceptors (Lipinski definition) is 1. The lowest BCUT2D eigenvalue weighted by molar-refractivity contribution is 0.125. The first-order valence-electron chi connectivity index (χ1n) is 21.3. The highest BCUT2D eigenvalue weighted by Gasteiger charge is 1.96. The molecule has 0 fully saturated rings. The maximum absolute atomic E-state index is 5.90. The van der Waals surface area contributed by atoms with Crippen molar-refractivity contribution in [2.45, 2.75) is 245 Å². The van der Waals surface area contributed by atoms with E-state index in [1.165, 1.54) is 231 Å². The first-order chi connectivity index (χ1) is 22.4. The molecule has 0 unspecified atom stereocenters. The van der Waals surface area contributed by atoms with E-state index in [2.05, 4.69) is 38.2 Å². The van der Waals surface area contributed by atoms with Gasteiger partial charge in [0, 0.05) is 13.2 Å². The monoisotopic (exact) mass is 631 g/mol. The SMILES string of the molecule is CCCCCCCC/C=C\CCCCCCCCCCCCOCCCCCCCCCCCC/C=C\CCCCCCCC. The van der Waals surface area contributed by atoms with Gasteiger partial charge in [-0.1, -0.05) is 205 Å². The molecule has 0 aliphatic rings. The Kier molecular flexibility index (Phi) is 42.9. The van der Waals surface area contributed by atoms with Gasteiger partial charge >= 0.3 is 0 Å². The van der Waals surface area contributed by atoms with Gasteiger partial charge in [0.2, 0.25) is 0 Å².